The van der Waals surface area contributed by atoms with Gasteiger partial charge in [0.1, 0.15) is 6.61 Å². The molecule has 0 aliphatic rings. The van der Waals surface area contributed by atoms with Crippen molar-refractivity contribution in [2.45, 2.75) is 0 Å². The summed E-state index contributed by atoms with van der Waals surface area (Å²) in [4.78, 5) is 0. The number of halogens is 1. The minimum atomic E-state index is -0.764. The predicted octanol–water partition coefficient (Wildman–Crippen LogP) is 1.63. The number of rotatable bonds is 3. The third kappa shape index (κ3) is 5.21. The molecule has 0 aliphatic carbocycles. The van der Waals surface area contributed by atoms with Gasteiger partial charge in [0.15, 0.2) is 0 Å². The number of hydrogen-bond donors (Lipinski definition) is 0. The second-order valence-electron chi connectivity index (χ2n) is 0.955. The number of ether oxygens (including phenoxy) is 1. The van der Waals surface area contributed by atoms with Crippen LogP contribution in [0.5, 0.6) is 0 Å². The molecule has 0 aromatic rings. The summed E-state index contributed by atoms with van der Waals surface area (Å²) in [7, 11) is 0. The van der Waals surface area contributed by atoms with Crippen LogP contribution >= 0.6 is 0 Å². The quantitative estimate of drug-likeness (QED) is 0.388. The highest BCUT2D eigenvalue weighted by Crippen LogP contribution is 1.91. The molecule has 0 amide bonds. The molecule has 40 valence electrons. The summed E-state index contributed by atoms with van der Waals surface area (Å²) < 4.78 is 15.6. The first kappa shape index (κ1) is 6.21. The maximum Gasteiger partial charge on any atom is 0.265 e. The van der Waals surface area contributed by atoms with E-state index in [-0.39, 0.29) is 6.61 Å². The Bertz CT molecular complexity index is 78.1. The monoisotopic (exact) mass is 102 g/mol. The standard InChI is InChI=1S/C5H7FO/c1-3-4-7-5(2)6/h3H,1-2,4H2. The number of hydrogen-bond acceptors (Lipinski definition) is 1. The lowest BCUT2D eigenvalue weighted by molar-refractivity contribution is 0.173. The predicted molar refractivity (Wildman–Crippen MR) is 26.4 cm³/mol. The maximum absolute atomic E-state index is 11.4. The van der Waals surface area contributed by atoms with E-state index in [4.69, 9.17) is 0 Å². The van der Waals surface area contributed by atoms with E-state index in [2.05, 4.69) is 17.9 Å². The fraction of sp³-hybridized carbons (Fsp3) is 0.200. The van der Waals surface area contributed by atoms with Gasteiger partial charge in [-0.05, 0) is 6.58 Å². The maximum atomic E-state index is 11.4. The van der Waals surface area contributed by atoms with E-state index < -0.39 is 6.01 Å². The third-order valence-electron chi connectivity index (χ3n) is 0.358. The Morgan fingerprint density at radius 2 is 2.43 bits per heavy atom. The molecule has 1 nitrogen and oxygen atoms in total. The Morgan fingerprint density at radius 1 is 1.86 bits per heavy atom. The van der Waals surface area contributed by atoms with Gasteiger partial charge in [-0.15, -0.1) is 0 Å². The van der Waals surface area contributed by atoms with Gasteiger partial charge in [0, 0.05) is 0 Å². The molecule has 0 heterocycles. The zero-order valence-corrected chi connectivity index (χ0v) is 3.98. The highest BCUT2D eigenvalue weighted by Gasteiger charge is 1.80. The molecule has 0 N–H and O–H groups in total. The lowest BCUT2D eigenvalue weighted by Gasteiger charge is -1.92. The second-order valence-corrected chi connectivity index (χ2v) is 0.955. The molecule has 0 aliphatic heterocycles. The van der Waals surface area contributed by atoms with Crippen LogP contribution in [0.15, 0.2) is 25.2 Å². The van der Waals surface area contributed by atoms with Crippen LogP contribution in [0, 0.1) is 0 Å². The molecule has 0 aromatic heterocycles. The molecule has 0 atom stereocenters. The highest BCUT2D eigenvalue weighted by atomic mass is 19.1. The lowest BCUT2D eigenvalue weighted by atomic mass is 10.7. The van der Waals surface area contributed by atoms with Crippen LogP contribution in [0.2, 0.25) is 0 Å². The van der Waals surface area contributed by atoms with Crippen LogP contribution in [0.4, 0.5) is 4.39 Å². The van der Waals surface area contributed by atoms with Gasteiger partial charge in [0.05, 0.1) is 0 Å². The highest BCUT2D eigenvalue weighted by molar-refractivity contribution is 4.70. The van der Waals surface area contributed by atoms with E-state index in [9.17, 15) is 4.39 Å². The van der Waals surface area contributed by atoms with Gasteiger partial charge in [0.25, 0.3) is 6.01 Å². The van der Waals surface area contributed by atoms with Crippen molar-refractivity contribution in [3.05, 3.63) is 25.2 Å². The van der Waals surface area contributed by atoms with Gasteiger partial charge >= 0.3 is 0 Å². The van der Waals surface area contributed by atoms with E-state index in [0.717, 1.165) is 0 Å². The topological polar surface area (TPSA) is 9.23 Å². The zero-order valence-electron chi connectivity index (χ0n) is 3.98. The summed E-state index contributed by atoms with van der Waals surface area (Å²) in [5.41, 5.74) is 0. The Labute approximate surface area is 42.1 Å². The Morgan fingerprint density at radius 3 is 2.57 bits per heavy atom. The molecule has 7 heavy (non-hydrogen) atoms. The van der Waals surface area contributed by atoms with Crippen molar-refractivity contribution in [1.82, 2.24) is 0 Å². The molecule has 0 saturated heterocycles. The van der Waals surface area contributed by atoms with Gasteiger partial charge in [-0.2, -0.15) is 4.39 Å². The van der Waals surface area contributed by atoms with Gasteiger partial charge in [-0.1, -0.05) is 12.7 Å². The minimum absolute atomic E-state index is 0.190. The van der Waals surface area contributed by atoms with Crippen molar-refractivity contribution in [3.63, 3.8) is 0 Å². The molecule has 0 bridgehead atoms. The summed E-state index contributed by atoms with van der Waals surface area (Å²) in [5, 5.41) is 0. The molecule has 0 aromatic carbocycles. The molecule has 0 radical (unpaired) electrons. The molecule has 0 rings (SSSR count). The summed E-state index contributed by atoms with van der Waals surface area (Å²) in [5.74, 6) is 0. The van der Waals surface area contributed by atoms with Crippen LogP contribution in [-0.4, -0.2) is 6.61 Å². The van der Waals surface area contributed by atoms with Gasteiger partial charge < -0.3 is 4.74 Å². The van der Waals surface area contributed by atoms with Crippen molar-refractivity contribution in [3.8, 4) is 0 Å². The molecule has 0 fully saturated rings. The molecular weight excluding hydrogens is 95.1 g/mol. The fourth-order valence-electron chi connectivity index (χ4n) is 0.149. The summed E-state index contributed by atoms with van der Waals surface area (Å²) >= 11 is 0. The van der Waals surface area contributed by atoms with E-state index >= 15 is 0 Å². The van der Waals surface area contributed by atoms with E-state index in [1.54, 1.807) is 0 Å². The van der Waals surface area contributed by atoms with Crippen LogP contribution in [0.1, 0.15) is 0 Å². The fourth-order valence-corrected chi connectivity index (χ4v) is 0.149. The molecular formula is C5H7FO. The van der Waals surface area contributed by atoms with Crippen molar-refractivity contribution < 1.29 is 9.13 Å². The molecule has 2 heteroatoms. The third-order valence-corrected chi connectivity index (χ3v) is 0.358. The van der Waals surface area contributed by atoms with Crippen LogP contribution in [0.25, 0.3) is 0 Å². The van der Waals surface area contributed by atoms with Crippen LogP contribution in [-0.2, 0) is 4.74 Å². The van der Waals surface area contributed by atoms with Gasteiger partial charge in [0.2, 0.25) is 0 Å². The van der Waals surface area contributed by atoms with Gasteiger partial charge in [-0.25, -0.2) is 0 Å². The Hall–Kier alpha value is -0.790. The van der Waals surface area contributed by atoms with E-state index in [0.29, 0.717) is 0 Å². The Balaban J connectivity index is 2.97. The van der Waals surface area contributed by atoms with Crippen LogP contribution in [0.3, 0.4) is 0 Å². The second kappa shape index (κ2) is 3.40. The SMILES string of the molecule is C=CCOC(=C)F. The van der Waals surface area contributed by atoms with Crippen LogP contribution < -0.4 is 0 Å². The Kier molecular flexibility index (Phi) is 3.02. The van der Waals surface area contributed by atoms with Crippen molar-refractivity contribution in [2.75, 3.05) is 6.61 Å². The van der Waals surface area contributed by atoms with Gasteiger partial charge in [-0.3, -0.25) is 0 Å². The largest absolute Gasteiger partial charge is 0.467 e. The first-order valence-electron chi connectivity index (χ1n) is 1.85. The normalized spacial score (nSPS) is 7.57. The van der Waals surface area contributed by atoms with Crippen molar-refractivity contribution in [2.24, 2.45) is 0 Å². The smallest absolute Gasteiger partial charge is 0.265 e. The summed E-state index contributed by atoms with van der Waals surface area (Å²) in [6.07, 6.45) is 1.45. The minimum Gasteiger partial charge on any atom is -0.467 e. The first-order valence-corrected chi connectivity index (χ1v) is 1.85. The average Bonchev–Trinajstić information content (AvgIpc) is 1.61. The first-order chi connectivity index (χ1) is 3.27. The van der Waals surface area contributed by atoms with E-state index in [1.807, 2.05) is 0 Å². The lowest BCUT2D eigenvalue weighted by Crippen LogP contribution is -1.82. The molecule has 0 unspecified atom stereocenters. The molecule has 0 saturated carbocycles. The van der Waals surface area contributed by atoms with Crippen molar-refractivity contribution >= 4 is 0 Å². The summed E-state index contributed by atoms with van der Waals surface area (Å²) in [6, 6.07) is -0.764. The zero-order chi connectivity index (χ0) is 5.70. The molecule has 0 spiro atoms. The van der Waals surface area contributed by atoms with E-state index in [1.165, 1.54) is 6.08 Å². The average molecular weight is 102 g/mol. The summed E-state index contributed by atoms with van der Waals surface area (Å²) in [6.45, 7) is 6.35. The van der Waals surface area contributed by atoms with Crippen molar-refractivity contribution in [1.29, 1.82) is 0 Å².